The SMILES string of the molecule is CNc1ccc(OCC(=O)NCCc2cccs2)cc1. The van der Waals surface area contributed by atoms with Crippen LogP contribution in [0, 0.1) is 0 Å². The van der Waals surface area contributed by atoms with Gasteiger partial charge in [0.2, 0.25) is 0 Å². The first-order chi connectivity index (χ1) is 9.78. The summed E-state index contributed by atoms with van der Waals surface area (Å²) < 4.78 is 5.42. The molecular weight excluding hydrogens is 272 g/mol. The zero-order chi connectivity index (χ0) is 14.2. The summed E-state index contributed by atoms with van der Waals surface area (Å²) in [5.41, 5.74) is 1.01. The number of carbonyl (C=O) groups excluding carboxylic acids is 1. The average Bonchev–Trinajstić information content (AvgIpc) is 2.99. The summed E-state index contributed by atoms with van der Waals surface area (Å²) in [6.07, 6.45) is 0.861. The predicted molar refractivity (Wildman–Crippen MR) is 82.5 cm³/mol. The zero-order valence-electron chi connectivity index (χ0n) is 11.4. The van der Waals surface area contributed by atoms with Crippen molar-refractivity contribution in [2.45, 2.75) is 6.42 Å². The largest absolute Gasteiger partial charge is 0.484 e. The third-order valence-electron chi connectivity index (χ3n) is 2.79. The fourth-order valence-corrected chi connectivity index (χ4v) is 2.41. The Hall–Kier alpha value is -2.01. The van der Waals surface area contributed by atoms with Gasteiger partial charge >= 0.3 is 0 Å². The first kappa shape index (κ1) is 14.4. The number of hydrogen-bond acceptors (Lipinski definition) is 4. The number of ether oxygens (including phenoxy) is 1. The molecule has 0 spiro atoms. The summed E-state index contributed by atoms with van der Waals surface area (Å²) in [7, 11) is 1.86. The highest BCUT2D eigenvalue weighted by molar-refractivity contribution is 7.09. The minimum Gasteiger partial charge on any atom is -0.484 e. The first-order valence-electron chi connectivity index (χ1n) is 6.47. The Morgan fingerprint density at radius 3 is 2.70 bits per heavy atom. The summed E-state index contributed by atoms with van der Waals surface area (Å²) in [5.74, 6) is 0.594. The van der Waals surface area contributed by atoms with Gasteiger partial charge < -0.3 is 15.4 Å². The first-order valence-corrected chi connectivity index (χ1v) is 7.35. The quantitative estimate of drug-likeness (QED) is 0.824. The number of thiophene rings is 1. The van der Waals surface area contributed by atoms with Crippen molar-refractivity contribution in [3.63, 3.8) is 0 Å². The van der Waals surface area contributed by atoms with E-state index in [1.54, 1.807) is 11.3 Å². The maximum atomic E-state index is 11.6. The summed E-state index contributed by atoms with van der Waals surface area (Å²) >= 11 is 1.70. The Bertz CT molecular complexity index is 523. The van der Waals surface area contributed by atoms with Crippen LogP contribution in [0.5, 0.6) is 5.75 Å². The lowest BCUT2D eigenvalue weighted by Crippen LogP contribution is -2.30. The molecule has 0 aliphatic rings. The number of amides is 1. The molecule has 1 aromatic carbocycles. The van der Waals surface area contributed by atoms with Crippen LogP contribution in [0.4, 0.5) is 5.69 Å². The minimum atomic E-state index is -0.0979. The van der Waals surface area contributed by atoms with Gasteiger partial charge in [-0.05, 0) is 42.1 Å². The Kier molecular flexibility index (Phi) is 5.43. The smallest absolute Gasteiger partial charge is 0.257 e. The predicted octanol–water partition coefficient (Wildman–Crippen LogP) is 2.53. The molecule has 0 aliphatic carbocycles. The molecule has 0 atom stereocenters. The second-order valence-corrected chi connectivity index (χ2v) is 5.27. The van der Waals surface area contributed by atoms with Crippen molar-refractivity contribution in [1.29, 1.82) is 0 Å². The van der Waals surface area contributed by atoms with Gasteiger partial charge in [-0.25, -0.2) is 0 Å². The molecular formula is C15H18N2O2S. The lowest BCUT2D eigenvalue weighted by Gasteiger charge is -2.08. The van der Waals surface area contributed by atoms with Gasteiger partial charge in [0.15, 0.2) is 6.61 Å². The lowest BCUT2D eigenvalue weighted by atomic mass is 10.3. The van der Waals surface area contributed by atoms with Gasteiger partial charge in [-0.2, -0.15) is 0 Å². The van der Waals surface area contributed by atoms with E-state index in [0.717, 1.165) is 12.1 Å². The summed E-state index contributed by atoms with van der Waals surface area (Å²) in [5, 5.41) is 7.91. The minimum absolute atomic E-state index is 0.0450. The molecule has 106 valence electrons. The van der Waals surface area contributed by atoms with E-state index >= 15 is 0 Å². The second-order valence-electron chi connectivity index (χ2n) is 4.24. The van der Waals surface area contributed by atoms with E-state index in [1.165, 1.54) is 4.88 Å². The van der Waals surface area contributed by atoms with Crippen LogP contribution in [0.15, 0.2) is 41.8 Å². The molecule has 20 heavy (non-hydrogen) atoms. The van der Waals surface area contributed by atoms with Crippen LogP contribution in [0.1, 0.15) is 4.88 Å². The molecule has 0 saturated carbocycles. The van der Waals surface area contributed by atoms with Crippen molar-refractivity contribution in [3.8, 4) is 5.75 Å². The zero-order valence-corrected chi connectivity index (χ0v) is 12.2. The van der Waals surface area contributed by atoms with E-state index in [4.69, 9.17) is 4.74 Å². The molecule has 0 aliphatic heterocycles. The highest BCUT2D eigenvalue weighted by Crippen LogP contribution is 2.14. The molecule has 0 bridgehead atoms. The highest BCUT2D eigenvalue weighted by atomic mass is 32.1. The van der Waals surface area contributed by atoms with Gasteiger partial charge in [0.25, 0.3) is 5.91 Å². The summed E-state index contributed by atoms with van der Waals surface area (Å²) in [6, 6.07) is 11.6. The Morgan fingerprint density at radius 2 is 2.05 bits per heavy atom. The molecule has 1 aromatic heterocycles. The van der Waals surface area contributed by atoms with Crippen LogP contribution in [-0.2, 0) is 11.2 Å². The molecule has 0 saturated heterocycles. The fourth-order valence-electron chi connectivity index (χ4n) is 1.70. The molecule has 2 rings (SSSR count). The van der Waals surface area contributed by atoms with Gasteiger partial charge in [-0.1, -0.05) is 6.07 Å². The van der Waals surface area contributed by atoms with Gasteiger partial charge in [-0.15, -0.1) is 11.3 Å². The number of hydrogen-bond donors (Lipinski definition) is 2. The van der Waals surface area contributed by atoms with Crippen molar-refractivity contribution < 1.29 is 9.53 Å². The third kappa shape index (κ3) is 4.59. The third-order valence-corrected chi connectivity index (χ3v) is 3.72. The van der Waals surface area contributed by atoms with Gasteiger partial charge in [0.05, 0.1) is 0 Å². The number of anilines is 1. The van der Waals surface area contributed by atoms with Crippen LogP contribution < -0.4 is 15.4 Å². The van der Waals surface area contributed by atoms with Crippen molar-refractivity contribution in [1.82, 2.24) is 5.32 Å². The molecule has 0 unspecified atom stereocenters. The Morgan fingerprint density at radius 1 is 1.25 bits per heavy atom. The molecule has 5 heteroatoms. The van der Waals surface area contributed by atoms with Crippen molar-refractivity contribution in [2.24, 2.45) is 0 Å². The van der Waals surface area contributed by atoms with E-state index in [-0.39, 0.29) is 12.5 Å². The number of carbonyl (C=O) groups is 1. The van der Waals surface area contributed by atoms with Crippen LogP contribution in [0.2, 0.25) is 0 Å². The van der Waals surface area contributed by atoms with Crippen LogP contribution in [0.3, 0.4) is 0 Å². The normalized spacial score (nSPS) is 10.1. The maximum Gasteiger partial charge on any atom is 0.257 e. The molecule has 0 radical (unpaired) electrons. The molecule has 1 amide bonds. The van der Waals surface area contributed by atoms with E-state index < -0.39 is 0 Å². The summed E-state index contributed by atoms with van der Waals surface area (Å²) in [4.78, 5) is 12.9. The monoisotopic (exact) mass is 290 g/mol. The standard InChI is InChI=1S/C15H18N2O2S/c1-16-12-4-6-13(7-5-12)19-11-15(18)17-9-8-14-3-2-10-20-14/h2-7,10,16H,8-9,11H2,1H3,(H,17,18). The topological polar surface area (TPSA) is 50.4 Å². The molecule has 2 aromatic rings. The number of benzene rings is 1. The van der Waals surface area contributed by atoms with Crippen molar-refractivity contribution in [2.75, 3.05) is 25.5 Å². The Balaban J connectivity index is 1.66. The Labute approximate surface area is 122 Å². The van der Waals surface area contributed by atoms with Crippen LogP contribution in [-0.4, -0.2) is 26.1 Å². The average molecular weight is 290 g/mol. The maximum absolute atomic E-state index is 11.6. The molecule has 1 heterocycles. The van der Waals surface area contributed by atoms with E-state index in [0.29, 0.717) is 12.3 Å². The molecule has 4 nitrogen and oxygen atoms in total. The van der Waals surface area contributed by atoms with E-state index in [2.05, 4.69) is 16.7 Å². The molecule has 0 fully saturated rings. The number of rotatable bonds is 7. The fraction of sp³-hybridized carbons (Fsp3) is 0.267. The van der Waals surface area contributed by atoms with Crippen molar-refractivity contribution in [3.05, 3.63) is 46.7 Å². The van der Waals surface area contributed by atoms with Crippen LogP contribution in [0.25, 0.3) is 0 Å². The van der Waals surface area contributed by atoms with E-state index in [1.807, 2.05) is 42.8 Å². The van der Waals surface area contributed by atoms with Crippen molar-refractivity contribution >= 4 is 22.9 Å². The second kappa shape index (κ2) is 7.55. The van der Waals surface area contributed by atoms with Crippen LogP contribution >= 0.6 is 11.3 Å². The summed E-state index contributed by atoms with van der Waals surface area (Å²) in [6.45, 7) is 0.685. The number of nitrogens with one attached hydrogen (secondary N) is 2. The van der Waals surface area contributed by atoms with E-state index in [9.17, 15) is 4.79 Å². The molecule has 2 N–H and O–H groups in total. The van der Waals surface area contributed by atoms with Gasteiger partial charge in [0.1, 0.15) is 5.75 Å². The van der Waals surface area contributed by atoms with Gasteiger partial charge in [0, 0.05) is 24.2 Å². The highest BCUT2D eigenvalue weighted by Gasteiger charge is 2.03. The lowest BCUT2D eigenvalue weighted by molar-refractivity contribution is -0.123. The van der Waals surface area contributed by atoms with Gasteiger partial charge in [-0.3, -0.25) is 4.79 Å².